The highest BCUT2D eigenvalue weighted by Crippen LogP contribution is 2.27. The third kappa shape index (κ3) is 6.05. The number of nitrogens with zero attached hydrogens (tertiary/aromatic N) is 1. The summed E-state index contributed by atoms with van der Waals surface area (Å²) in [6.07, 6.45) is 7.83. The molecule has 1 nitrogen and oxygen atoms in total. The van der Waals surface area contributed by atoms with Gasteiger partial charge in [-0.25, -0.2) is 0 Å². The fraction of sp³-hybridized carbons (Fsp3) is 0.846. The molecule has 0 bridgehead atoms. The largest absolute Gasteiger partial charge is 0.296 e. The Morgan fingerprint density at radius 3 is 2.07 bits per heavy atom. The zero-order chi connectivity index (χ0) is 11.4. The maximum Gasteiger partial charge on any atom is 0.0709 e. The molecule has 0 unspecified atom stereocenters. The molecule has 14 heavy (non-hydrogen) atoms. The van der Waals surface area contributed by atoms with Crippen LogP contribution in [0.4, 0.5) is 0 Å². The van der Waals surface area contributed by atoms with Crippen molar-refractivity contribution in [3.05, 3.63) is 0 Å². The first kappa shape index (κ1) is 13.5. The van der Waals surface area contributed by atoms with E-state index in [9.17, 15) is 0 Å². The molecular formula is C13H25N. The molecule has 0 aliphatic carbocycles. The van der Waals surface area contributed by atoms with E-state index < -0.39 is 0 Å². The molecule has 0 aromatic rings. The van der Waals surface area contributed by atoms with Crippen molar-refractivity contribution < 1.29 is 0 Å². The SMILES string of the molecule is C#C[C@H](C[C@@H](C)CC(C)(C)C)N(C)C. The molecule has 1 heteroatoms. The fourth-order valence-corrected chi connectivity index (χ4v) is 1.94. The van der Waals surface area contributed by atoms with Gasteiger partial charge in [-0.3, -0.25) is 4.90 Å². The standard InChI is InChI=1S/C13H25N/c1-8-12(14(6)7)9-11(2)10-13(3,4)5/h1,11-12H,9-10H2,2-7H3/t11-,12-/m1/s1. The summed E-state index contributed by atoms with van der Waals surface area (Å²) in [4.78, 5) is 2.12. The minimum Gasteiger partial charge on any atom is -0.296 e. The van der Waals surface area contributed by atoms with Gasteiger partial charge in [-0.15, -0.1) is 6.42 Å². The van der Waals surface area contributed by atoms with Crippen molar-refractivity contribution in [2.75, 3.05) is 14.1 Å². The van der Waals surface area contributed by atoms with Crippen molar-refractivity contribution in [2.45, 2.75) is 46.6 Å². The van der Waals surface area contributed by atoms with Crippen molar-refractivity contribution >= 4 is 0 Å². The van der Waals surface area contributed by atoms with E-state index in [0.717, 1.165) is 6.42 Å². The van der Waals surface area contributed by atoms with E-state index in [2.05, 4.69) is 38.5 Å². The molecule has 0 radical (unpaired) electrons. The molecule has 0 saturated carbocycles. The van der Waals surface area contributed by atoms with Gasteiger partial charge in [0.05, 0.1) is 6.04 Å². The Morgan fingerprint density at radius 2 is 1.79 bits per heavy atom. The van der Waals surface area contributed by atoms with Gasteiger partial charge in [0.15, 0.2) is 0 Å². The molecule has 82 valence electrons. The first-order chi connectivity index (χ1) is 6.26. The van der Waals surface area contributed by atoms with Crippen LogP contribution in [0.1, 0.15) is 40.5 Å². The van der Waals surface area contributed by atoms with Gasteiger partial charge < -0.3 is 0 Å². The molecule has 0 aliphatic heterocycles. The summed E-state index contributed by atoms with van der Waals surface area (Å²) >= 11 is 0. The van der Waals surface area contributed by atoms with Gasteiger partial charge in [-0.05, 0) is 38.3 Å². The zero-order valence-electron chi connectivity index (χ0n) is 10.6. The average Bonchev–Trinajstić information content (AvgIpc) is 1.96. The van der Waals surface area contributed by atoms with Crippen LogP contribution in [0.15, 0.2) is 0 Å². The summed E-state index contributed by atoms with van der Waals surface area (Å²) in [5.74, 6) is 3.54. The van der Waals surface area contributed by atoms with E-state index in [1.165, 1.54) is 6.42 Å². The summed E-state index contributed by atoms with van der Waals surface area (Å²) in [6.45, 7) is 9.14. The molecule has 0 aromatic heterocycles. The van der Waals surface area contributed by atoms with Gasteiger partial charge in [-0.2, -0.15) is 0 Å². The third-order valence-electron chi connectivity index (χ3n) is 2.40. The van der Waals surface area contributed by atoms with Crippen LogP contribution >= 0.6 is 0 Å². The van der Waals surface area contributed by atoms with Crippen LogP contribution in [0.2, 0.25) is 0 Å². The Labute approximate surface area is 89.9 Å². The van der Waals surface area contributed by atoms with Crippen LogP contribution in [-0.2, 0) is 0 Å². The molecule has 0 saturated heterocycles. The molecule has 0 fully saturated rings. The molecule has 0 rings (SSSR count). The van der Waals surface area contributed by atoms with E-state index in [1.807, 2.05) is 14.1 Å². The number of hydrogen-bond donors (Lipinski definition) is 0. The Hall–Kier alpha value is -0.480. The Kier molecular flexibility index (Phi) is 5.23. The molecule has 0 N–H and O–H groups in total. The van der Waals surface area contributed by atoms with Gasteiger partial charge in [0.25, 0.3) is 0 Å². The maximum absolute atomic E-state index is 5.49. The van der Waals surface area contributed by atoms with Crippen LogP contribution < -0.4 is 0 Å². The lowest BCUT2D eigenvalue weighted by Crippen LogP contribution is -2.29. The lowest BCUT2D eigenvalue weighted by Gasteiger charge is -2.27. The number of rotatable bonds is 4. The Bertz CT molecular complexity index is 192. The van der Waals surface area contributed by atoms with Crippen LogP contribution in [0.3, 0.4) is 0 Å². The highest BCUT2D eigenvalue weighted by Gasteiger charge is 2.18. The predicted molar refractivity (Wildman–Crippen MR) is 64.2 cm³/mol. The smallest absolute Gasteiger partial charge is 0.0709 e. The van der Waals surface area contributed by atoms with Crippen molar-refractivity contribution in [3.8, 4) is 12.3 Å². The second kappa shape index (κ2) is 5.41. The van der Waals surface area contributed by atoms with E-state index in [4.69, 9.17) is 6.42 Å². The molecule has 0 amide bonds. The van der Waals surface area contributed by atoms with Gasteiger partial charge in [0, 0.05) is 0 Å². The van der Waals surface area contributed by atoms with Crippen molar-refractivity contribution in [1.82, 2.24) is 4.90 Å². The second-order valence-electron chi connectivity index (χ2n) is 5.75. The van der Waals surface area contributed by atoms with E-state index in [1.54, 1.807) is 0 Å². The first-order valence-corrected chi connectivity index (χ1v) is 5.39. The Balaban J connectivity index is 4.05. The average molecular weight is 195 g/mol. The fourth-order valence-electron chi connectivity index (χ4n) is 1.94. The highest BCUT2D eigenvalue weighted by molar-refractivity contribution is 4.99. The topological polar surface area (TPSA) is 3.24 Å². The summed E-state index contributed by atoms with van der Waals surface area (Å²) in [6, 6.07) is 0.285. The van der Waals surface area contributed by atoms with Gasteiger partial charge >= 0.3 is 0 Å². The van der Waals surface area contributed by atoms with Gasteiger partial charge in [0.2, 0.25) is 0 Å². The maximum atomic E-state index is 5.49. The minimum absolute atomic E-state index is 0.285. The van der Waals surface area contributed by atoms with Gasteiger partial charge in [0.1, 0.15) is 0 Å². The molecule has 0 heterocycles. The summed E-state index contributed by atoms with van der Waals surface area (Å²) in [7, 11) is 4.10. The second-order valence-corrected chi connectivity index (χ2v) is 5.75. The summed E-state index contributed by atoms with van der Waals surface area (Å²) in [5, 5.41) is 0. The lowest BCUT2D eigenvalue weighted by molar-refractivity contribution is 0.246. The van der Waals surface area contributed by atoms with Crippen LogP contribution in [0.5, 0.6) is 0 Å². The van der Waals surface area contributed by atoms with Gasteiger partial charge in [-0.1, -0.05) is 33.6 Å². The zero-order valence-corrected chi connectivity index (χ0v) is 10.6. The van der Waals surface area contributed by atoms with Crippen LogP contribution in [0.25, 0.3) is 0 Å². The predicted octanol–water partition coefficient (Wildman–Crippen LogP) is 3.01. The highest BCUT2D eigenvalue weighted by atomic mass is 15.1. The van der Waals surface area contributed by atoms with Crippen molar-refractivity contribution in [1.29, 1.82) is 0 Å². The van der Waals surface area contributed by atoms with E-state index in [-0.39, 0.29) is 6.04 Å². The molecule has 0 aromatic carbocycles. The van der Waals surface area contributed by atoms with Crippen LogP contribution in [0, 0.1) is 23.7 Å². The quantitative estimate of drug-likeness (QED) is 0.623. The molecule has 0 aliphatic rings. The number of hydrogen-bond acceptors (Lipinski definition) is 1. The van der Waals surface area contributed by atoms with E-state index in [0.29, 0.717) is 11.3 Å². The lowest BCUT2D eigenvalue weighted by atomic mass is 9.83. The molecule has 2 atom stereocenters. The Morgan fingerprint density at radius 1 is 1.29 bits per heavy atom. The molecule has 0 spiro atoms. The first-order valence-electron chi connectivity index (χ1n) is 5.39. The third-order valence-corrected chi connectivity index (χ3v) is 2.40. The van der Waals surface area contributed by atoms with Crippen molar-refractivity contribution in [2.24, 2.45) is 11.3 Å². The van der Waals surface area contributed by atoms with E-state index >= 15 is 0 Å². The van der Waals surface area contributed by atoms with Crippen LogP contribution in [-0.4, -0.2) is 25.0 Å². The monoisotopic (exact) mass is 195 g/mol. The number of terminal acetylenes is 1. The summed E-state index contributed by atoms with van der Waals surface area (Å²) in [5.41, 5.74) is 0.408. The van der Waals surface area contributed by atoms with Crippen molar-refractivity contribution in [3.63, 3.8) is 0 Å². The summed E-state index contributed by atoms with van der Waals surface area (Å²) < 4.78 is 0. The minimum atomic E-state index is 0.285. The molecular weight excluding hydrogens is 170 g/mol. The normalized spacial score (nSPS) is 16.4.